The van der Waals surface area contributed by atoms with Crippen molar-refractivity contribution >= 4 is 21.9 Å². The number of esters is 1. The van der Waals surface area contributed by atoms with E-state index < -0.39 is 5.97 Å². The maximum atomic E-state index is 11.9. The zero-order valence-corrected chi connectivity index (χ0v) is 13.0. The Balaban J connectivity index is 1.65. The third-order valence-corrected chi connectivity index (χ3v) is 3.31. The number of hydrogen-bond acceptors (Lipinski definition) is 5. The maximum absolute atomic E-state index is 11.9. The second-order valence-corrected chi connectivity index (χ2v) is 5.37. The highest BCUT2D eigenvalue weighted by molar-refractivity contribution is 9.10. The Hall–Kier alpha value is -2.47. The number of ether oxygens (including phenoxy) is 1. The van der Waals surface area contributed by atoms with Crippen LogP contribution in [-0.2, 0) is 11.3 Å². The summed E-state index contributed by atoms with van der Waals surface area (Å²) in [5, 5.41) is 0. The summed E-state index contributed by atoms with van der Waals surface area (Å²) in [7, 11) is 0. The molecule has 0 spiro atoms. The van der Waals surface area contributed by atoms with Crippen molar-refractivity contribution < 1.29 is 13.9 Å². The molecule has 0 saturated carbocycles. The van der Waals surface area contributed by atoms with Crippen LogP contribution in [0.1, 0.15) is 16.2 Å². The van der Waals surface area contributed by atoms with Crippen LogP contribution in [0.3, 0.4) is 0 Å². The van der Waals surface area contributed by atoms with E-state index in [9.17, 15) is 4.79 Å². The molecule has 1 aromatic carbocycles. The summed E-state index contributed by atoms with van der Waals surface area (Å²) in [5.74, 6) is 0.499. The molecule has 0 amide bonds. The smallest absolute Gasteiger partial charge is 0.340 e. The van der Waals surface area contributed by atoms with E-state index in [4.69, 9.17) is 9.15 Å². The quantitative estimate of drug-likeness (QED) is 0.662. The van der Waals surface area contributed by atoms with Gasteiger partial charge in [-0.2, -0.15) is 0 Å². The molecular formula is C16H11BrN2O3. The summed E-state index contributed by atoms with van der Waals surface area (Å²) < 4.78 is 11.4. The predicted molar refractivity (Wildman–Crippen MR) is 83.0 cm³/mol. The van der Waals surface area contributed by atoms with E-state index in [1.165, 1.54) is 6.20 Å². The molecule has 0 N–H and O–H groups in total. The number of hydrogen-bond donors (Lipinski definition) is 0. The first-order chi connectivity index (χ1) is 10.7. The Morgan fingerprint density at radius 1 is 1.18 bits per heavy atom. The van der Waals surface area contributed by atoms with Gasteiger partial charge in [-0.15, -0.1) is 0 Å². The van der Waals surface area contributed by atoms with Crippen molar-refractivity contribution in [3.63, 3.8) is 0 Å². The number of halogens is 1. The summed E-state index contributed by atoms with van der Waals surface area (Å²) >= 11 is 3.25. The third kappa shape index (κ3) is 3.40. The lowest BCUT2D eigenvalue weighted by atomic mass is 10.2. The van der Waals surface area contributed by atoms with E-state index in [1.54, 1.807) is 18.5 Å². The number of aromatic nitrogens is 2. The number of benzene rings is 1. The van der Waals surface area contributed by atoms with Crippen LogP contribution in [0, 0.1) is 0 Å². The van der Waals surface area contributed by atoms with Crippen LogP contribution in [0.4, 0.5) is 0 Å². The van der Waals surface area contributed by atoms with Crippen LogP contribution in [0.5, 0.6) is 0 Å². The third-order valence-electron chi connectivity index (χ3n) is 2.88. The molecule has 2 aromatic heterocycles. The Morgan fingerprint density at radius 3 is 2.77 bits per heavy atom. The molecule has 5 nitrogen and oxygen atoms in total. The van der Waals surface area contributed by atoms with Crippen molar-refractivity contribution in [1.29, 1.82) is 0 Å². The molecule has 110 valence electrons. The monoisotopic (exact) mass is 358 g/mol. The van der Waals surface area contributed by atoms with Gasteiger partial charge in [0.15, 0.2) is 12.4 Å². The number of oxazole rings is 1. The van der Waals surface area contributed by atoms with Gasteiger partial charge < -0.3 is 9.15 Å². The molecule has 0 fully saturated rings. The summed E-state index contributed by atoms with van der Waals surface area (Å²) in [6.07, 6.45) is 4.65. The number of pyridine rings is 1. The van der Waals surface area contributed by atoms with Gasteiger partial charge in [0, 0.05) is 22.4 Å². The molecule has 0 aliphatic carbocycles. The molecule has 6 heteroatoms. The Kier molecular flexibility index (Phi) is 4.29. The molecule has 3 rings (SSSR count). The largest absolute Gasteiger partial charge is 0.452 e. The maximum Gasteiger partial charge on any atom is 0.340 e. The van der Waals surface area contributed by atoms with Gasteiger partial charge in [0.2, 0.25) is 5.89 Å². The first-order valence-corrected chi connectivity index (χ1v) is 7.29. The number of carbonyl (C=O) groups excluding carboxylic acids is 1. The van der Waals surface area contributed by atoms with Crippen molar-refractivity contribution in [3.05, 3.63) is 70.9 Å². The number of nitrogens with zero attached hydrogens (tertiary/aromatic N) is 2. The fourth-order valence-corrected chi connectivity index (χ4v) is 2.21. The average molecular weight is 359 g/mol. The van der Waals surface area contributed by atoms with Gasteiger partial charge in [0.1, 0.15) is 0 Å². The molecule has 0 aliphatic rings. The standard InChI is InChI=1S/C16H11BrN2O3/c17-13-6-12(7-18-8-13)16(20)21-10-15-19-9-14(22-15)11-4-2-1-3-5-11/h1-9H,10H2. The Labute approximate surface area is 135 Å². The minimum Gasteiger partial charge on any atom is -0.452 e. The van der Waals surface area contributed by atoms with Gasteiger partial charge in [-0.3, -0.25) is 4.98 Å². The van der Waals surface area contributed by atoms with Gasteiger partial charge in [0.05, 0.1) is 11.8 Å². The van der Waals surface area contributed by atoms with Crippen molar-refractivity contribution in [3.8, 4) is 11.3 Å². The number of carbonyl (C=O) groups is 1. The summed E-state index contributed by atoms with van der Waals surface area (Å²) in [5.41, 5.74) is 1.29. The van der Waals surface area contributed by atoms with Crippen LogP contribution >= 0.6 is 15.9 Å². The van der Waals surface area contributed by atoms with Gasteiger partial charge in [-0.25, -0.2) is 9.78 Å². The van der Waals surface area contributed by atoms with Gasteiger partial charge in [-0.1, -0.05) is 30.3 Å². The van der Waals surface area contributed by atoms with E-state index in [2.05, 4.69) is 25.9 Å². The van der Waals surface area contributed by atoms with Crippen LogP contribution < -0.4 is 0 Å². The van der Waals surface area contributed by atoms with Gasteiger partial charge in [0.25, 0.3) is 0 Å². The second-order valence-electron chi connectivity index (χ2n) is 4.45. The Bertz CT molecular complexity index is 787. The van der Waals surface area contributed by atoms with Crippen molar-refractivity contribution in [2.24, 2.45) is 0 Å². The topological polar surface area (TPSA) is 65.2 Å². The molecule has 0 aliphatic heterocycles. The van der Waals surface area contributed by atoms with E-state index in [1.807, 2.05) is 30.3 Å². The van der Waals surface area contributed by atoms with Crippen molar-refractivity contribution in [2.75, 3.05) is 0 Å². The minimum atomic E-state index is -0.478. The van der Waals surface area contributed by atoms with E-state index in [0.29, 0.717) is 21.7 Å². The molecule has 0 atom stereocenters. The zero-order valence-electron chi connectivity index (χ0n) is 11.4. The van der Waals surface area contributed by atoms with E-state index >= 15 is 0 Å². The lowest BCUT2D eigenvalue weighted by Gasteiger charge is -2.02. The molecule has 3 aromatic rings. The minimum absolute atomic E-state index is 0.0296. The average Bonchev–Trinajstić information content (AvgIpc) is 3.02. The second kappa shape index (κ2) is 6.53. The summed E-state index contributed by atoms with van der Waals surface area (Å²) in [6, 6.07) is 11.2. The molecule has 22 heavy (non-hydrogen) atoms. The molecule has 0 bridgehead atoms. The Morgan fingerprint density at radius 2 is 2.00 bits per heavy atom. The fraction of sp³-hybridized carbons (Fsp3) is 0.0625. The van der Waals surface area contributed by atoms with Crippen LogP contribution in [-0.4, -0.2) is 15.9 Å². The highest BCUT2D eigenvalue weighted by Gasteiger charge is 2.11. The highest BCUT2D eigenvalue weighted by atomic mass is 79.9. The van der Waals surface area contributed by atoms with Crippen molar-refractivity contribution in [1.82, 2.24) is 9.97 Å². The van der Waals surface area contributed by atoms with Crippen LogP contribution in [0.15, 0.2) is 63.9 Å². The van der Waals surface area contributed by atoms with Crippen LogP contribution in [0.2, 0.25) is 0 Å². The van der Waals surface area contributed by atoms with Crippen LogP contribution in [0.25, 0.3) is 11.3 Å². The van der Waals surface area contributed by atoms with Gasteiger partial charge in [-0.05, 0) is 22.0 Å². The SMILES string of the molecule is O=C(OCc1ncc(-c2ccccc2)o1)c1cncc(Br)c1. The normalized spacial score (nSPS) is 10.4. The van der Waals surface area contributed by atoms with E-state index in [0.717, 1.165) is 5.56 Å². The summed E-state index contributed by atoms with van der Waals surface area (Å²) in [4.78, 5) is 19.9. The fourth-order valence-electron chi connectivity index (χ4n) is 1.85. The molecule has 2 heterocycles. The lowest BCUT2D eigenvalue weighted by molar-refractivity contribution is 0.0438. The molecule has 0 unspecified atom stereocenters. The number of rotatable bonds is 4. The predicted octanol–water partition coefficient (Wildman–Crippen LogP) is 3.86. The first-order valence-electron chi connectivity index (χ1n) is 6.50. The first kappa shape index (κ1) is 14.5. The molecule has 0 saturated heterocycles. The zero-order chi connectivity index (χ0) is 15.4. The van der Waals surface area contributed by atoms with E-state index in [-0.39, 0.29) is 6.61 Å². The highest BCUT2D eigenvalue weighted by Crippen LogP contribution is 2.20. The van der Waals surface area contributed by atoms with Gasteiger partial charge >= 0.3 is 5.97 Å². The van der Waals surface area contributed by atoms with Crippen molar-refractivity contribution in [2.45, 2.75) is 6.61 Å². The molecular weight excluding hydrogens is 348 g/mol. The summed E-state index contributed by atoms with van der Waals surface area (Å²) in [6.45, 7) is -0.0296. The lowest BCUT2D eigenvalue weighted by Crippen LogP contribution is -2.05. The molecule has 0 radical (unpaired) electrons.